The molecule has 3 heterocycles. The summed E-state index contributed by atoms with van der Waals surface area (Å²) in [6.45, 7) is 1.97. The van der Waals surface area contributed by atoms with Gasteiger partial charge in [-0.3, -0.25) is 4.79 Å². The van der Waals surface area contributed by atoms with E-state index in [1.807, 2.05) is 0 Å². The van der Waals surface area contributed by atoms with Crippen molar-refractivity contribution in [1.82, 2.24) is 19.7 Å². The van der Waals surface area contributed by atoms with E-state index in [2.05, 4.69) is 20.4 Å². The average molecular weight is 437 g/mol. The summed E-state index contributed by atoms with van der Waals surface area (Å²) in [5, 5.41) is 8.15. The summed E-state index contributed by atoms with van der Waals surface area (Å²) < 4.78 is 25.5. The standard InChI is InChI=1S/C21H16FN5O3S/c1-12(20(28)26-14-4-7-17-18(8-14)30-11-29-17)31-21-16-9-25-27(19(16)23-10-24-21)15-5-2-13(22)3-6-15/h2-10,12H,11H2,1H3,(H,26,28)/t12-/m0/s1. The largest absolute Gasteiger partial charge is 0.454 e. The van der Waals surface area contributed by atoms with Gasteiger partial charge in [0.25, 0.3) is 0 Å². The molecule has 1 aliphatic heterocycles. The summed E-state index contributed by atoms with van der Waals surface area (Å²) in [5.74, 6) is 0.751. The zero-order valence-electron chi connectivity index (χ0n) is 16.3. The number of hydrogen-bond acceptors (Lipinski definition) is 7. The van der Waals surface area contributed by atoms with Crippen LogP contribution in [0, 0.1) is 5.82 Å². The van der Waals surface area contributed by atoms with Crippen LogP contribution in [-0.2, 0) is 4.79 Å². The SMILES string of the molecule is C[C@H](Sc1ncnc2c1cnn2-c1ccc(F)cc1)C(=O)Nc1ccc2c(c1)OCO2. The third-order valence-corrected chi connectivity index (χ3v) is 5.81. The maximum atomic E-state index is 13.2. The number of amides is 1. The first-order chi connectivity index (χ1) is 15.1. The minimum Gasteiger partial charge on any atom is -0.454 e. The van der Waals surface area contributed by atoms with Gasteiger partial charge in [-0.25, -0.2) is 19.0 Å². The Morgan fingerprint density at radius 1 is 1.16 bits per heavy atom. The Balaban J connectivity index is 1.35. The molecular formula is C21H16FN5O3S. The molecule has 0 unspecified atom stereocenters. The van der Waals surface area contributed by atoms with E-state index in [-0.39, 0.29) is 18.5 Å². The second-order valence-electron chi connectivity index (χ2n) is 6.77. The second kappa shape index (κ2) is 7.88. The number of carbonyl (C=O) groups is 1. The molecule has 2 aromatic heterocycles. The van der Waals surface area contributed by atoms with E-state index in [0.29, 0.717) is 38.9 Å². The molecule has 156 valence electrons. The maximum absolute atomic E-state index is 13.2. The Kier molecular flexibility index (Phi) is 4.91. The van der Waals surface area contributed by atoms with Crippen molar-refractivity contribution >= 4 is 34.4 Å². The van der Waals surface area contributed by atoms with E-state index >= 15 is 0 Å². The zero-order chi connectivity index (χ0) is 21.4. The van der Waals surface area contributed by atoms with Crippen molar-refractivity contribution in [3.05, 3.63) is 60.8 Å². The summed E-state index contributed by atoms with van der Waals surface area (Å²) in [6.07, 6.45) is 3.07. The highest BCUT2D eigenvalue weighted by molar-refractivity contribution is 8.00. The molecule has 0 saturated heterocycles. The number of nitrogens with zero attached hydrogens (tertiary/aromatic N) is 4. The first-order valence-electron chi connectivity index (χ1n) is 9.40. The van der Waals surface area contributed by atoms with E-state index < -0.39 is 5.25 Å². The lowest BCUT2D eigenvalue weighted by Crippen LogP contribution is -2.22. The zero-order valence-corrected chi connectivity index (χ0v) is 17.1. The number of fused-ring (bicyclic) bond motifs is 2. The van der Waals surface area contributed by atoms with Crippen LogP contribution in [-0.4, -0.2) is 37.7 Å². The fourth-order valence-corrected chi connectivity index (χ4v) is 4.01. The molecule has 10 heteroatoms. The van der Waals surface area contributed by atoms with Crippen LogP contribution in [0.25, 0.3) is 16.7 Å². The summed E-state index contributed by atoms with van der Waals surface area (Å²) in [7, 11) is 0. The van der Waals surface area contributed by atoms with Crippen LogP contribution in [0.3, 0.4) is 0 Å². The molecule has 1 aliphatic rings. The number of aromatic nitrogens is 4. The van der Waals surface area contributed by atoms with Gasteiger partial charge in [-0.1, -0.05) is 11.8 Å². The Morgan fingerprint density at radius 3 is 2.81 bits per heavy atom. The van der Waals surface area contributed by atoms with Crippen LogP contribution in [0.15, 0.2) is 60.0 Å². The lowest BCUT2D eigenvalue weighted by molar-refractivity contribution is -0.115. The van der Waals surface area contributed by atoms with Crippen LogP contribution >= 0.6 is 11.8 Å². The van der Waals surface area contributed by atoms with Gasteiger partial charge in [0.15, 0.2) is 17.1 Å². The van der Waals surface area contributed by atoms with Crippen LogP contribution < -0.4 is 14.8 Å². The van der Waals surface area contributed by atoms with E-state index in [4.69, 9.17) is 9.47 Å². The Hall–Kier alpha value is -3.66. The quantitative estimate of drug-likeness (QED) is 0.375. The molecule has 1 N–H and O–H groups in total. The Bertz CT molecular complexity index is 1280. The highest BCUT2D eigenvalue weighted by atomic mass is 32.2. The van der Waals surface area contributed by atoms with Crippen molar-refractivity contribution in [2.45, 2.75) is 17.2 Å². The summed E-state index contributed by atoms with van der Waals surface area (Å²) in [4.78, 5) is 21.3. The molecule has 8 nitrogen and oxygen atoms in total. The van der Waals surface area contributed by atoms with Crippen LogP contribution in [0.4, 0.5) is 10.1 Å². The van der Waals surface area contributed by atoms with E-state index in [1.165, 1.54) is 30.2 Å². The smallest absolute Gasteiger partial charge is 0.237 e. The topological polar surface area (TPSA) is 91.2 Å². The van der Waals surface area contributed by atoms with Crippen molar-refractivity contribution in [3.8, 4) is 17.2 Å². The third-order valence-electron chi connectivity index (χ3n) is 4.70. The van der Waals surface area contributed by atoms with Gasteiger partial charge in [0.05, 0.1) is 22.5 Å². The van der Waals surface area contributed by atoms with Gasteiger partial charge < -0.3 is 14.8 Å². The van der Waals surface area contributed by atoms with Gasteiger partial charge in [-0.2, -0.15) is 5.10 Å². The lowest BCUT2D eigenvalue weighted by atomic mass is 10.2. The first-order valence-corrected chi connectivity index (χ1v) is 10.3. The lowest BCUT2D eigenvalue weighted by Gasteiger charge is -2.12. The highest BCUT2D eigenvalue weighted by Gasteiger charge is 2.20. The molecule has 0 aliphatic carbocycles. The molecule has 5 rings (SSSR count). The van der Waals surface area contributed by atoms with Gasteiger partial charge in [0.1, 0.15) is 17.2 Å². The van der Waals surface area contributed by atoms with Crippen LogP contribution in [0.5, 0.6) is 11.5 Å². The molecule has 4 aromatic rings. The van der Waals surface area contributed by atoms with Crippen molar-refractivity contribution < 1.29 is 18.7 Å². The predicted octanol–water partition coefficient (Wildman–Crippen LogP) is 3.80. The summed E-state index contributed by atoms with van der Waals surface area (Å²) >= 11 is 1.30. The van der Waals surface area contributed by atoms with Gasteiger partial charge in [0.2, 0.25) is 12.7 Å². The van der Waals surface area contributed by atoms with Crippen molar-refractivity contribution in [2.75, 3.05) is 12.1 Å². The number of hydrogen-bond donors (Lipinski definition) is 1. The van der Waals surface area contributed by atoms with E-state index in [9.17, 15) is 9.18 Å². The minimum absolute atomic E-state index is 0.175. The number of halogens is 1. The monoisotopic (exact) mass is 437 g/mol. The normalized spacial score (nSPS) is 13.4. The van der Waals surface area contributed by atoms with Gasteiger partial charge in [0, 0.05) is 11.8 Å². The van der Waals surface area contributed by atoms with Gasteiger partial charge in [-0.15, -0.1) is 0 Å². The van der Waals surface area contributed by atoms with Crippen molar-refractivity contribution in [3.63, 3.8) is 0 Å². The molecule has 0 spiro atoms. The molecule has 0 radical (unpaired) electrons. The molecular weight excluding hydrogens is 421 g/mol. The fraction of sp³-hybridized carbons (Fsp3) is 0.143. The second-order valence-corrected chi connectivity index (χ2v) is 8.10. The Labute approximate surface area is 180 Å². The van der Waals surface area contributed by atoms with Crippen LogP contribution in [0.2, 0.25) is 0 Å². The maximum Gasteiger partial charge on any atom is 0.237 e. The number of carbonyl (C=O) groups excluding carboxylic acids is 1. The number of nitrogens with one attached hydrogen (secondary N) is 1. The molecule has 0 bridgehead atoms. The number of ether oxygens (including phenoxy) is 2. The highest BCUT2D eigenvalue weighted by Crippen LogP contribution is 2.35. The first kappa shape index (κ1) is 19.3. The number of thioether (sulfide) groups is 1. The number of rotatable bonds is 5. The molecule has 2 aromatic carbocycles. The number of anilines is 1. The molecule has 1 amide bonds. The molecule has 0 saturated carbocycles. The van der Waals surface area contributed by atoms with Crippen LogP contribution in [0.1, 0.15) is 6.92 Å². The minimum atomic E-state index is -0.433. The predicted molar refractivity (Wildman–Crippen MR) is 113 cm³/mol. The molecule has 1 atom stereocenters. The molecule has 31 heavy (non-hydrogen) atoms. The summed E-state index contributed by atoms with van der Waals surface area (Å²) in [5.41, 5.74) is 1.88. The van der Waals surface area contributed by atoms with Gasteiger partial charge >= 0.3 is 0 Å². The average Bonchev–Trinajstić information content (AvgIpc) is 3.41. The van der Waals surface area contributed by atoms with Crippen molar-refractivity contribution in [1.29, 1.82) is 0 Å². The van der Waals surface area contributed by atoms with Crippen molar-refractivity contribution in [2.24, 2.45) is 0 Å². The van der Waals surface area contributed by atoms with E-state index in [0.717, 1.165) is 0 Å². The fourth-order valence-electron chi connectivity index (χ4n) is 3.13. The van der Waals surface area contributed by atoms with E-state index in [1.54, 1.807) is 48.1 Å². The number of benzene rings is 2. The summed E-state index contributed by atoms with van der Waals surface area (Å²) in [6, 6.07) is 11.2. The Morgan fingerprint density at radius 2 is 1.97 bits per heavy atom. The molecule has 0 fully saturated rings. The third kappa shape index (κ3) is 3.77. The van der Waals surface area contributed by atoms with Gasteiger partial charge in [-0.05, 0) is 43.3 Å².